The Balaban J connectivity index is 2.98. The number of benzene rings is 1. The third-order valence-electron chi connectivity index (χ3n) is 2.56. The van der Waals surface area contributed by atoms with E-state index in [1.807, 2.05) is 30.3 Å². The Kier molecular flexibility index (Phi) is 4.52. The van der Waals surface area contributed by atoms with E-state index in [1.165, 1.54) is 0 Å². The molecule has 1 aromatic carbocycles. The molecular formula is C11H18NO2P. The first-order valence-corrected chi connectivity index (χ1v) is 7.09. The summed E-state index contributed by atoms with van der Waals surface area (Å²) >= 11 is 0. The smallest absolute Gasteiger partial charge is 0.207 e. The molecule has 0 amide bonds. The first-order chi connectivity index (χ1) is 7.11. The molecule has 0 saturated heterocycles. The Bertz CT molecular complexity index is 340. The van der Waals surface area contributed by atoms with E-state index in [-0.39, 0.29) is 5.66 Å². The summed E-state index contributed by atoms with van der Waals surface area (Å²) in [6.07, 6.45) is 0.859. The first-order valence-electron chi connectivity index (χ1n) is 5.18. The average Bonchev–Trinajstić information content (AvgIpc) is 2.27. The van der Waals surface area contributed by atoms with E-state index in [4.69, 9.17) is 5.73 Å². The molecule has 84 valence electrons. The summed E-state index contributed by atoms with van der Waals surface area (Å²) in [7, 11) is -3.10. The van der Waals surface area contributed by atoms with Crippen molar-refractivity contribution in [1.29, 1.82) is 0 Å². The lowest BCUT2D eigenvalue weighted by Gasteiger charge is -2.21. The van der Waals surface area contributed by atoms with E-state index in [9.17, 15) is 9.46 Å². The lowest BCUT2D eigenvalue weighted by Crippen LogP contribution is -2.09. The fraction of sp³-hybridized carbons (Fsp3) is 0.455. The van der Waals surface area contributed by atoms with Gasteiger partial charge in [0.2, 0.25) is 7.37 Å². The van der Waals surface area contributed by atoms with Gasteiger partial charge in [0.05, 0.1) is 5.66 Å². The van der Waals surface area contributed by atoms with Crippen LogP contribution < -0.4 is 5.73 Å². The molecule has 0 fully saturated rings. The summed E-state index contributed by atoms with van der Waals surface area (Å²) in [4.78, 5) is 9.87. The topological polar surface area (TPSA) is 63.3 Å². The van der Waals surface area contributed by atoms with Gasteiger partial charge in [0, 0.05) is 6.16 Å². The minimum atomic E-state index is -3.10. The van der Waals surface area contributed by atoms with Crippen molar-refractivity contribution >= 4 is 7.37 Å². The molecule has 3 nitrogen and oxygen atoms in total. The van der Waals surface area contributed by atoms with Gasteiger partial charge in [0.15, 0.2) is 0 Å². The van der Waals surface area contributed by atoms with Crippen LogP contribution in [-0.2, 0) is 4.57 Å². The maximum Gasteiger partial charge on any atom is 0.207 e. The standard InChI is InChI=1S/C11H18NO2P/c1-2-15(13,14)11(8-9-12)10-6-4-3-5-7-10/h3-7,11H,2,8-9,12H2,1H3,(H,13,14). The van der Waals surface area contributed by atoms with Gasteiger partial charge in [-0.05, 0) is 18.5 Å². The van der Waals surface area contributed by atoms with Crippen LogP contribution >= 0.6 is 7.37 Å². The van der Waals surface area contributed by atoms with Crippen molar-refractivity contribution in [3.05, 3.63) is 35.9 Å². The summed E-state index contributed by atoms with van der Waals surface area (Å²) in [6, 6.07) is 9.44. The average molecular weight is 227 g/mol. The molecule has 3 N–H and O–H groups in total. The molecular weight excluding hydrogens is 209 g/mol. The molecule has 0 bridgehead atoms. The molecule has 0 aromatic heterocycles. The second kappa shape index (κ2) is 5.45. The van der Waals surface area contributed by atoms with Gasteiger partial charge in [-0.15, -0.1) is 0 Å². The Labute approximate surface area is 90.8 Å². The van der Waals surface area contributed by atoms with E-state index in [0.29, 0.717) is 19.1 Å². The second-order valence-electron chi connectivity index (χ2n) is 3.58. The van der Waals surface area contributed by atoms with Gasteiger partial charge in [-0.2, -0.15) is 0 Å². The van der Waals surface area contributed by atoms with Crippen molar-refractivity contribution in [2.45, 2.75) is 19.0 Å². The molecule has 15 heavy (non-hydrogen) atoms. The van der Waals surface area contributed by atoms with Crippen molar-refractivity contribution in [2.75, 3.05) is 12.7 Å². The van der Waals surface area contributed by atoms with Gasteiger partial charge in [0.25, 0.3) is 0 Å². The third-order valence-corrected chi connectivity index (χ3v) is 5.00. The summed E-state index contributed by atoms with van der Waals surface area (Å²) in [5.74, 6) is 0. The van der Waals surface area contributed by atoms with Crippen molar-refractivity contribution in [3.8, 4) is 0 Å². The monoisotopic (exact) mass is 227 g/mol. The maximum atomic E-state index is 12.0. The van der Waals surface area contributed by atoms with Crippen LogP contribution in [0, 0.1) is 0 Å². The van der Waals surface area contributed by atoms with Crippen molar-refractivity contribution in [3.63, 3.8) is 0 Å². The van der Waals surface area contributed by atoms with Gasteiger partial charge in [-0.3, -0.25) is 4.57 Å². The fourth-order valence-corrected chi connectivity index (χ4v) is 3.29. The number of rotatable bonds is 5. The van der Waals surface area contributed by atoms with Crippen LogP contribution in [0.4, 0.5) is 0 Å². The molecule has 0 aliphatic carbocycles. The minimum absolute atomic E-state index is 0.298. The minimum Gasteiger partial charge on any atom is -0.344 e. The molecule has 0 aliphatic rings. The van der Waals surface area contributed by atoms with Gasteiger partial charge in [-0.1, -0.05) is 37.3 Å². The van der Waals surface area contributed by atoms with E-state index in [2.05, 4.69) is 0 Å². The van der Waals surface area contributed by atoms with Gasteiger partial charge in [-0.25, -0.2) is 0 Å². The summed E-state index contributed by atoms with van der Waals surface area (Å²) < 4.78 is 12.0. The Morgan fingerprint density at radius 2 is 2.00 bits per heavy atom. The lowest BCUT2D eigenvalue weighted by atomic mass is 10.1. The largest absolute Gasteiger partial charge is 0.344 e. The summed E-state index contributed by atoms with van der Waals surface area (Å²) in [5, 5.41) is 0. The fourth-order valence-electron chi connectivity index (χ4n) is 1.65. The maximum absolute atomic E-state index is 12.0. The Morgan fingerprint density at radius 3 is 2.47 bits per heavy atom. The van der Waals surface area contributed by atoms with Crippen LogP contribution in [0.1, 0.15) is 24.6 Å². The predicted octanol–water partition coefficient (Wildman–Crippen LogP) is 2.37. The molecule has 1 aromatic rings. The third kappa shape index (κ3) is 3.16. The first kappa shape index (κ1) is 12.4. The Hall–Kier alpha value is -0.630. The highest BCUT2D eigenvalue weighted by Gasteiger charge is 2.29. The second-order valence-corrected chi connectivity index (χ2v) is 6.34. The zero-order valence-corrected chi connectivity index (χ0v) is 9.86. The zero-order valence-electron chi connectivity index (χ0n) is 8.97. The zero-order chi connectivity index (χ0) is 11.3. The van der Waals surface area contributed by atoms with Crippen molar-refractivity contribution in [2.24, 2.45) is 5.73 Å². The molecule has 2 atom stereocenters. The van der Waals surface area contributed by atoms with E-state index in [0.717, 1.165) is 5.56 Å². The van der Waals surface area contributed by atoms with E-state index in [1.54, 1.807) is 6.92 Å². The molecule has 0 spiro atoms. The molecule has 0 saturated carbocycles. The van der Waals surface area contributed by atoms with Crippen molar-refractivity contribution in [1.82, 2.24) is 0 Å². The van der Waals surface area contributed by atoms with Crippen LogP contribution in [0.3, 0.4) is 0 Å². The Morgan fingerprint density at radius 1 is 1.40 bits per heavy atom. The van der Waals surface area contributed by atoms with Gasteiger partial charge >= 0.3 is 0 Å². The van der Waals surface area contributed by atoms with Gasteiger partial charge in [0.1, 0.15) is 0 Å². The van der Waals surface area contributed by atoms with E-state index < -0.39 is 7.37 Å². The van der Waals surface area contributed by atoms with Gasteiger partial charge < -0.3 is 10.6 Å². The van der Waals surface area contributed by atoms with Crippen LogP contribution in [0.25, 0.3) is 0 Å². The number of hydrogen-bond acceptors (Lipinski definition) is 2. The lowest BCUT2D eigenvalue weighted by molar-refractivity contribution is 0.461. The van der Waals surface area contributed by atoms with Crippen LogP contribution in [0.5, 0.6) is 0 Å². The van der Waals surface area contributed by atoms with E-state index >= 15 is 0 Å². The summed E-state index contributed by atoms with van der Waals surface area (Å²) in [6.45, 7) is 2.18. The highest BCUT2D eigenvalue weighted by Crippen LogP contribution is 2.56. The quantitative estimate of drug-likeness (QED) is 0.759. The molecule has 0 radical (unpaired) electrons. The van der Waals surface area contributed by atoms with Crippen LogP contribution in [-0.4, -0.2) is 17.6 Å². The molecule has 0 heterocycles. The molecule has 2 unspecified atom stereocenters. The highest BCUT2D eigenvalue weighted by atomic mass is 31.2. The van der Waals surface area contributed by atoms with Crippen molar-refractivity contribution < 1.29 is 9.46 Å². The predicted molar refractivity (Wildman–Crippen MR) is 63.2 cm³/mol. The molecule has 4 heteroatoms. The summed E-state index contributed by atoms with van der Waals surface area (Å²) in [5.41, 5.74) is 6.09. The number of hydrogen-bond donors (Lipinski definition) is 2. The highest BCUT2D eigenvalue weighted by molar-refractivity contribution is 7.58. The van der Waals surface area contributed by atoms with Crippen LogP contribution in [0.15, 0.2) is 30.3 Å². The van der Waals surface area contributed by atoms with Crippen LogP contribution in [0.2, 0.25) is 0 Å². The molecule has 0 aliphatic heterocycles. The number of nitrogens with two attached hydrogens (primary N) is 1. The SMILES string of the molecule is CCP(=O)(O)C(CCN)c1ccccc1. The molecule has 1 rings (SSSR count). The normalized spacial score (nSPS) is 17.0.